The molecule has 1 N–H and O–H groups in total. The molecule has 4 rings (SSSR count). The van der Waals surface area contributed by atoms with Crippen molar-refractivity contribution in [2.45, 2.75) is 70.0 Å². The third kappa shape index (κ3) is 3.70. The van der Waals surface area contributed by atoms with E-state index in [2.05, 4.69) is 5.32 Å². The van der Waals surface area contributed by atoms with E-state index in [1.54, 1.807) is 45.9 Å². The second-order valence-electron chi connectivity index (χ2n) is 7.71. The summed E-state index contributed by atoms with van der Waals surface area (Å²) >= 11 is 11.9. The molecule has 0 unspecified atom stereocenters. The van der Waals surface area contributed by atoms with Crippen molar-refractivity contribution in [2.24, 2.45) is 0 Å². The number of amides is 1. The van der Waals surface area contributed by atoms with Crippen molar-refractivity contribution in [3.05, 3.63) is 28.2 Å². The number of halogens is 2. The predicted octanol–water partition coefficient (Wildman–Crippen LogP) is 3.33. The van der Waals surface area contributed by atoms with Gasteiger partial charge in [0.1, 0.15) is 18.3 Å². The van der Waals surface area contributed by atoms with Crippen molar-refractivity contribution in [3.8, 4) is 0 Å². The van der Waals surface area contributed by atoms with Crippen LogP contribution in [0.15, 0.2) is 18.2 Å². The molecule has 7 nitrogen and oxygen atoms in total. The average molecular weight is 418 g/mol. The zero-order valence-corrected chi connectivity index (χ0v) is 16.8. The van der Waals surface area contributed by atoms with Crippen LogP contribution in [0.3, 0.4) is 0 Å². The Morgan fingerprint density at radius 2 is 1.56 bits per heavy atom. The zero-order chi connectivity index (χ0) is 19.6. The Kier molecular flexibility index (Phi) is 4.71. The van der Waals surface area contributed by atoms with Gasteiger partial charge in [0.2, 0.25) is 0 Å². The third-order valence-electron chi connectivity index (χ3n) is 4.60. The maximum Gasteiger partial charge on any atom is 0.256 e. The molecule has 3 aliphatic rings. The lowest BCUT2D eigenvalue weighted by Crippen LogP contribution is -2.58. The number of carbonyl (C=O) groups is 1. The van der Waals surface area contributed by atoms with Gasteiger partial charge in [0.15, 0.2) is 24.0 Å². The molecule has 0 aliphatic carbocycles. The Morgan fingerprint density at radius 3 is 2.26 bits per heavy atom. The van der Waals surface area contributed by atoms with Gasteiger partial charge in [-0.25, -0.2) is 0 Å². The summed E-state index contributed by atoms with van der Waals surface area (Å²) in [6.45, 7) is 7.15. The fourth-order valence-corrected chi connectivity index (χ4v) is 3.91. The van der Waals surface area contributed by atoms with Gasteiger partial charge in [-0.2, -0.15) is 0 Å². The topological polar surface area (TPSA) is 75.3 Å². The summed E-state index contributed by atoms with van der Waals surface area (Å²) in [4.78, 5) is 12.9. The predicted molar refractivity (Wildman–Crippen MR) is 97.6 cm³/mol. The molecule has 1 aromatic carbocycles. The van der Waals surface area contributed by atoms with E-state index in [1.165, 1.54) is 0 Å². The largest absolute Gasteiger partial charge is 0.342 e. The van der Waals surface area contributed by atoms with Crippen molar-refractivity contribution in [2.75, 3.05) is 5.32 Å². The number of benzene rings is 1. The van der Waals surface area contributed by atoms with Gasteiger partial charge in [-0.3, -0.25) is 4.79 Å². The Balaban J connectivity index is 1.57. The fraction of sp³-hybridized carbons (Fsp3) is 0.611. The van der Waals surface area contributed by atoms with E-state index in [0.29, 0.717) is 15.7 Å². The summed E-state index contributed by atoms with van der Waals surface area (Å²) in [5, 5.41) is 3.52. The average Bonchev–Trinajstić information content (AvgIpc) is 3.04. The number of nitrogens with one attached hydrogen (secondary N) is 1. The standard InChI is InChI=1S/C18H21Cl2NO6/c1-17(2)24-11-12(25-17)14-16(27-18(3,4)26-14)23-13(11)15(22)21-8-5-6-9(19)10(20)7-8/h5-7,11-14,16H,1-4H3,(H,21,22)/t11-,12-,13+,14+,16+/m1/s1. The van der Waals surface area contributed by atoms with Crippen molar-refractivity contribution < 1.29 is 28.5 Å². The Bertz CT molecular complexity index is 770. The van der Waals surface area contributed by atoms with Crippen molar-refractivity contribution >= 4 is 34.8 Å². The van der Waals surface area contributed by atoms with Crippen LogP contribution in [0, 0.1) is 0 Å². The highest BCUT2D eigenvalue weighted by molar-refractivity contribution is 6.42. The van der Waals surface area contributed by atoms with Crippen molar-refractivity contribution in [1.29, 1.82) is 0 Å². The summed E-state index contributed by atoms with van der Waals surface area (Å²) in [6, 6.07) is 4.83. The first-order chi connectivity index (χ1) is 12.5. The Hall–Kier alpha value is -0.930. The molecule has 5 atom stereocenters. The number of hydrogen-bond donors (Lipinski definition) is 1. The number of rotatable bonds is 2. The lowest BCUT2D eigenvalue weighted by Gasteiger charge is -2.36. The summed E-state index contributed by atoms with van der Waals surface area (Å²) in [5.41, 5.74) is 0.499. The molecule has 3 fully saturated rings. The van der Waals surface area contributed by atoms with Gasteiger partial charge in [0.25, 0.3) is 5.91 Å². The second-order valence-corrected chi connectivity index (χ2v) is 8.52. The molecule has 0 radical (unpaired) electrons. The van der Waals surface area contributed by atoms with Gasteiger partial charge in [0, 0.05) is 5.69 Å². The summed E-state index contributed by atoms with van der Waals surface area (Å²) < 4.78 is 29.6. The van der Waals surface area contributed by atoms with Gasteiger partial charge in [0.05, 0.1) is 10.0 Å². The molecule has 0 aromatic heterocycles. The van der Waals surface area contributed by atoms with Crippen LogP contribution in [0.2, 0.25) is 10.0 Å². The van der Waals surface area contributed by atoms with Crippen LogP contribution in [0.25, 0.3) is 0 Å². The Labute approximate surface area is 167 Å². The molecule has 27 heavy (non-hydrogen) atoms. The van der Waals surface area contributed by atoms with E-state index in [4.69, 9.17) is 46.9 Å². The van der Waals surface area contributed by atoms with E-state index in [9.17, 15) is 4.79 Å². The molecule has 0 spiro atoms. The number of anilines is 1. The van der Waals surface area contributed by atoms with Gasteiger partial charge in [-0.1, -0.05) is 23.2 Å². The number of hydrogen-bond acceptors (Lipinski definition) is 6. The lowest BCUT2D eigenvalue weighted by atomic mass is 9.98. The van der Waals surface area contributed by atoms with Gasteiger partial charge < -0.3 is 29.0 Å². The molecule has 0 saturated carbocycles. The first kappa shape index (κ1) is 19.4. The monoisotopic (exact) mass is 417 g/mol. The van der Waals surface area contributed by atoms with Crippen LogP contribution in [0.5, 0.6) is 0 Å². The molecular formula is C18H21Cl2NO6. The highest BCUT2D eigenvalue weighted by atomic mass is 35.5. The van der Waals surface area contributed by atoms with Crippen LogP contribution in [-0.4, -0.2) is 48.2 Å². The van der Waals surface area contributed by atoms with Crippen LogP contribution in [0.1, 0.15) is 27.7 Å². The minimum absolute atomic E-state index is 0.341. The van der Waals surface area contributed by atoms with Crippen molar-refractivity contribution in [1.82, 2.24) is 0 Å². The number of carbonyl (C=O) groups excluding carboxylic acids is 1. The van der Waals surface area contributed by atoms with Crippen LogP contribution < -0.4 is 5.32 Å². The fourth-order valence-electron chi connectivity index (χ4n) is 3.61. The van der Waals surface area contributed by atoms with Crippen LogP contribution in [0.4, 0.5) is 5.69 Å². The second kappa shape index (κ2) is 6.56. The first-order valence-corrected chi connectivity index (χ1v) is 9.43. The maximum absolute atomic E-state index is 12.9. The van der Waals surface area contributed by atoms with Crippen LogP contribution >= 0.6 is 23.2 Å². The van der Waals surface area contributed by atoms with Crippen molar-refractivity contribution in [3.63, 3.8) is 0 Å². The van der Waals surface area contributed by atoms with Crippen LogP contribution in [-0.2, 0) is 28.5 Å². The summed E-state index contributed by atoms with van der Waals surface area (Å²) in [7, 11) is 0. The van der Waals surface area contributed by atoms with E-state index >= 15 is 0 Å². The molecule has 0 bridgehead atoms. The minimum atomic E-state index is -0.940. The quantitative estimate of drug-likeness (QED) is 0.795. The van der Waals surface area contributed by atoms with Gasteiger partial charge >= 0.3 is 0 Å². The summed E-state index contributed by atoms with van der Waals surface area (Å²) in [5.74, 6) is -2.10. The molecule has 3 saturated heterocycles. The molecule has 1 amide bonds. The molecule has 1 aromatic rings. The smallest absolute Gasteiger partial charge is 0.256 e. The third-order valence-corrected chi connectivity index (χ3v) is 5.34. The normalized spacial score (nSPS) is 36.1. The molecule has 9 heteroatoms. The van der Waals surface area contributed by atoms with E-state index in [1.807, 2.05) is 0 Å². The van der Waals surface area contributed by atoms with Gasteiger partial charge in [-0.15, -0.1) is 0 Å². The molecule has 3 aliphatic heterocycles. The first-order valence-electron chi connectivity index (χ1n) is 8.67. The Morgan fingerprint density at radius 1 is 0.926 bits per heavy atom. The number of ether oxygens (including phenoxy) is 5. The summed E-state index contributed by atoms with van der Waals surface area (Å²) in [6.07, 6.45) is -3.29. The molecule has 148 valence electrons. The molecule has 3 heterocycles. The maximum atomic E-state index is 12.9. The number of fused-ring (bicyclic) bond motifs is 3. The highest BCUT2D eigenvalue weighted by Gasteiger charge is 2.62. The minimum Gasteiger partial charge on any atom is -0.342 e. The van der Waals surface area contributed by atoms with E-state index in [-0.39, 0.29) is 0 Å². The lowest BCUT2D eigenvalue weighted by molar-refractivity contribution is -0.229. The van der Waals surface area contributed by atoms with Gasteiger partial charge in [-0.05, 0) is 45.9 Å². The van der Waals surface area contributed by atoms with E-state index < -0.39 is 48.2 Å². The zero-order valence-electron chi connectivity index (χ0n) is 15.3. The van der Waals surface area contributed by atoms with E-state index in [0.717, 1.165) is 0 Å². The SMILES string of the molecule is CC1(C)O[C@@H]2O[C@H](C(=O)Nc3ccc(Cl)c(Cl)c3)[C@@H]3OC(C)(C)O[C@H]3[C@@H]2O1. The molecular weight excluding hydrogens is 397 g/mol. The highest BCUT2D eigenvalue weighted by Crippen LogP contribution is 2.44.